The minimum atomic E-state index is -0.800. The van der Waals surface area contributed by atoms with E-state index >= 15 is 0 Å². The molecule has 1 aliphatic heterocycles. The molecule has 0 bridgehead atoms. The maximum atomic E-state index is 12.3. The Labute approximate surface area is 130 Å². The van der Waals surface area contributed by atoms with Crippen molar-refractivity contribution in [1.29, 1.82) is 0 Å². The molecule has 21 heavy (non-hydrogen) atoms. The summed E-state index contributed by atoms with van der Waals surface area (Å²) < 4.78 is 5.54. The summed E-state index contributed by atoms with van der Waals surface area (Å²) in [7, 11) is 0. The second kappa shape index (κ2) is 9.45. The monoisotopic (exact) mass is 298 g/mol. The molecule has 1 fully saturated rings. The molecule has 1 unspecified atom stereocenters. The molecule has 2 atom stereocenters. The van der Waals surface area contributed by atoms with Crippen LogP contribution in [0.2, 0.25) is 0 Å². The first-order chi connectivity index (χ1) is 9.94. The number of carbonyl (C=O) groups is 1. The zero-order valence-corrected chi connectivity index (χ0v) is 14.2. The Kier molecular flexibility index (Phi) is 8.31. The van der Waals surface area contributed by atoms with E-state index in [2.05, 4.69) is 0 Å². The number of carbonyl (C=O) groups excluding carboxylic acids is 1. The van der Waals surface area contributed by atoms with E-state index in [-0.39, 0.29) is 12.1 Å². The highest BCUT2D eigenvalue weighted by molar-refractivity contribution is 5.76. The van der Waals surface area contributed by atoms with Crippen molar-refractivity contribution in [3.8, 4) is 0 Å². The van der Waals surface area contributed by atoms with Gasteiger partial charge < -0.3 is 9.84 Å². The van der Waals surface area contributed by atoms with Gasteiger partial charge in [-0.15, -0.1) is 0 Å². The molecule has 0 aromatic carbocycles. The molecule has 0 aliphatic carbocycles. The fourth-order valence-electron chi connectivity index (χ4n) is 2.90. The Bertz CT molecular complexity index is 299. The predicted molar refractivity (Wildman–Crippen MR) is 86.1 cm³/mol. The van der Waals surface area contributed by atoms with Crippen molar-refractivity contribution in [2.24, 2.45) is 5.41 Å². The van der Waals surface area contributed by atoms with Crippen LogP contribution in [-0.4, -0.2) is 23.3 Å². The molecule has 0 saturated carbocycles. The lowest BCUT2D eigenvalue weighted by Crippen LogP contribution is -2.40. The van der Waals surface area contributed by atoms with Gasteiger partial charge in [0, 0.05) is 0 Å². The van der Waals surface area contributed by atoms with E-state index in [0.29, 0.717) is 6.42 Å². The van der Waals surface area contributed by atoms with Gasteiger partial charge in [0.25, 0.3) is 0 Å². The van der Waals surface area contributed by atoms with Gasteiger partial charge in [-0.2, -0.15) is 0 Å². The third kappa shape index (κ3) is 6.82. The molecule has 0 aromatic rings. The van der Waals surface area contributed by atoms with E-state index in [1.807, 2.05) is 6.92 Å². The van der Waals surface area contributed by atoms with Gasteiger partial charge in [-0.25, -0.2) is 0 Å². The molecule has 0 spiro atoms. The lowest BCUT2D eigenvalue weighted by atomic mass is 9.83. The van der Waals surface area contributed by atoms with Gasteiger partial charge in [-0.3, -0.25) is 4.79 Å². The number of aliphatic hydroxyl groups excluding tert-OH is 1. The molecule has 0 amide bonds. The van der Waals surface area contributed by atoms with Crippen molar-refractivity contribution in [3.05, 3.63) is 0 Å². The molecule has 124 valence electrons. The van der Waals surface area contributed by atoms with Crippen molar-refractivity contribution >= 4 is 5.97 Å². The van der Waals surface area contributed by atoms with Crippen molar-refractivity contribution in [2.45, 2.75) is 104 Å². The summed E-state index contributed by atoms with van der Waals surface area (Å²) >= 11 is 0. The number of aliphatic hydroxyl groups is 1. The van der Waals surface area contributed by atoms with Crippen LogP contribution in [0.3, 0.4) is 0 Å². The van der Waals surface area contributed by atoms with E-state index in [0.717, 1.165) is 25.7 Å². The summed E-state index contributed by atoms with van der Waals surface area (Å²) in [6.45, 7) is 5.56. The number of esters is 1. The van der Waals surface area contributed by atoms with Crippen LogP contribution < -0.4 is 0 Å². The number of cyclic esters (lactones) is 1. The van der Waals surface area contributed by atoms with Crippen LogP contribution in [0.1, 0.15) is 91.4 Å². The maximum Gasteiger partial charge on any atom is 0.314 e. The van der Waals surface area contributed by atoms with Crippen LogP contribution in [0.4, 0.5) is 0 Å². The molecule has 0 aromatic heterocycles. The standard InChI is InChI=1S/C18H34O3/c1-15-13-11-9-7-5-4-6-8-10-12-14-16(19)18(2,3)17(20)21-15/h15-16,19H,4-14H2,1-3H3/t15?,16-/m0/s1. The van der Waals surface area contributed by atoms with Gasteiger partial charge in [0.1, 0.15) is 0 Å². The molecule has 1 heterocycles. The van der Waals surface area contributed by atoms with Gasteiger partial charge in [-0.05, 0) is 40.0 Å². The Hall–Kier alpha value is -0.570. The fourth-order valence-corrected chi connectivity index (χ4v) is 2.90. The Morgan fingerprint density at radius 3 is 1.86 bits per heavy atom. The van der Waals surface area contributed by atoms with E-state index in [1.54, 1.807) is 13.8 Å². The summed E-state index contributed by atoms with van der Waals surface area (Å²) in [5.41, 5.74) is -0.800. The number of hydrogen-bond acceptors (Lipinski definition) is 3. The largest absolute Gasteiger partial charge is 0.462 e. The van der Waals surface area contributed by atoms with Crippen LogP contribution in [-0.2, 0) is 9.53 Å². The molecule has 1 saturated heterocycles. The highest BCUT2D eigenvalue weighted by Gasteiger charge is 2.37. The SMILES string of the molecule is CC1CCCCCCCCCCC[C@H](O)C(C)(C)C(=O)O1. The van der Waals surface area contributed by atoms with E-state index < -0.39 is 11.5 Å². The number of hydrogen-bond donors (Lipinski definition) is 1. The normalized spacial score (nSPS) is 30.6. The minimum absolute atomic E-state index is 0.0446. The third-order valence-corrected chi connectivity index (χ3v) is 4.76. The summed E-state index contributed by atoms with van der Waals surface area (Å²) in [4.78, 5) is 12.3. The van der Waals surface area contributed by atoms with Crippen molar-refractivity contribution < 1.29 is 14.6 Å². The molecular weight excluding hydrogens is 264 g/mol. The summed E-state index contributed by atoms with van der Waals surface area (Å²) in [5.74, 6) is -0.255. The van der Waals surface area contributed by atoms with Crippen LogP contribution in [0, 0.1) is 5.41 Å². The highest BCUT2D eigenvalue weighted by Crippen LogP contribution is 2.28. The van der Waals surface area contributed by atoms with Crippen LogP contribution in [0.15, 0.2) is 0 Å². The van der Waals surface area contributed by atoms with Crippen LogP contribution in [0.25, 0.3) is 0 Å². The number of ether oxygens (including phenoxy) is 1. The molecule has 1 rings (SSSR count). The Morgan fingerprint density at radius 1 is 0.905 bits per heavy atom. The van der Waals surface area contributed by atoms with Crippen molar-refractivity contribution in [3.63, 3.8) is 0 Å². The average molecular weight is 298 g/mol. The fraction of sp³-hybridized carbons (Fsp3) is 0.944. The topological polar surface area (TPSA) is 46.5 Å². The first-order valence-electron chi connectivity index (χ1n) is 8.83. The van der Waals surface area contributed by atoms with E-state index in [9.17, 15) is 9.90 Å². The quantitative estimate of drug-likeness (QED) is 0.664. The second-order valence-electron chi connectivity index (χ2n) is 7.21. The first-order valence-corrected chi connectivity index (χ1v) is 8.83. The highest BCUT2D eigenvalue weighted by atomic mass is 16.5. The third-order valence-electron chi connectivity index (χ3n) is 4.76. The zero-order chi connectivity index (χ0) is 15.7. The molecule has 1 N–H and O–H groups in total. The lowest BCUT2D eigenvalue weighted by molar-refractivity contribution is -0.166. The maximum absolute atomic E-state index is 12.3. The predicted octanol–water partition coefficient (Wildman–Crippen LogP) is 4.61. The minimum Gasteiger partial charge on any atom is -0.462 e. The van der Waals surface area contributed by atoms with Crippen molar-refractivity contribution in [1.82, 2.24) is 0 Å². The van der Waals surface area contributed by atoms with E-state index in [4.69, 9.17) is 4.74 Å². The van der Waals surface area contributed by atoms with Gasteiger partial charge >= 0.3 is 5.97 Å². The average Bonchev–Trinajstić information content (AvgIpc) is 2.43. The summed E-state index contributed by atoms with van der Waals surface area (Å²) in [5, 5.41) is 10.3. The second-order valence-corrected chi connectivity index (χ2v) is 7.21. The lowest BCUT2D eigenvalue weighted by Gasteiger charge is -2.30. The van der Waals surface area contributed by atoms with Gasteiger partial charge in [0.05, 0.1) is 17.6 Å². The van der Waals surface area contributed by atoms with Gasteiger partial charge in [0.2, 0.25) is 0 Å². The molecule has 3 nitrogen and oxygen atoms in total. The zero-order valence-electron chi connectivity index (χ0n) is 14.2. The summed E-state index contributed by atoms with van der Waals surface area (Å²) in [6, 6.07) is 0. The Morgan fingerprint density at radius 2 is 1.33 bits per heavy atom. The molecule has 0 radical (unpaired) electrons. The number of rotatable bonds is 0. The molecule has 1 aliphatic rings. The van der Waals surface area contributed by atoms with Crippen LogP contribution in [0.5, 0.6) is 0 Å². The van der Waals surface area contributed by atoms with Gasteiger partial charge in [-0.1, -0.05) is 51.4 Å². The van der Waals surface area contributed by atoms with Crippen LogP contribution >= 0.6 is 0 Å². The smallest absolute Gasteiger partial charge is 0.314 e. The summed E-state index contributed by atoms with van der Waals surface area (Å²) in [6.07, 6.45) is 12.0. The molecular formula is C18H34O3. The van der Waals surface area contributed by atoms with Gasteiger partial charge in [0.15, 0.2) is 0 Å². The Balaban J connectivity index is 2.55. The first kappa shape index (κ1) is 18.5. The molecule has 3 heteroatoms. The van der Waals surface area contributed by atoms with E-state index in [1.165, 1.54) is 38.5 Å². The van der Waals surface area contributed by atoms with Crippen molar-refractivity contribution in [2.75, 3.05) is 0 Å².